The molecule has 1 aromatic rings. The molecule has 3 heteroatoms. The van der Waals surface area contributed by atoms with Gasteiger partial charge in [0.15, 0.2) is 0 Å². The maximum Gasteiger partial charge on any atom is 0.223 e. The number of hydrogen-bond donors (Lipinski definition) is 0. The highest BCUT2D eigenvalue weighted by Crippen LogP contribution is 2.39. The number of rotatable bonds is 2. The summed E-state index contributed by atoms with van der Waals surface area (Å²) in [6.07, 6.45) is 3.87. The third kappa shape index (κ3) is 1.70. The minimum absolute atomic E-state index is 0.287. The molecule has 3 nitrogen and oxygen atoms in total. The molecular weight excluding hydrogens is 214 g/mol. The van der Waals surface area contributed by atoms with E-state index in [0.29, 0.717) is 5.91 Å². The van der Waals surface area contributed by atoms with Gasteiger partial charge in [0.1, 0.15) is 5.75 Å². The minimum Gasteiger partial charge on any atom is -0.497 e. The van der Waals surface area contributed by atoms with Crippen molar-refractivity contribution >= 4 is 5.91 Å². The van der Waals surface area contributed by atoms with Gasteiger partial charge >= 0.3 is 0 Å². The first-order valence-electron chi connectivity index (χ1n) is 6.26. The van der Waals surface area contributed by atoms with Crippen LogP contribution in [-0.4, -0.2) is 24.5 Å². The summed E-state index contributed by atoms with van der Waals surface area (Å²) in [5.41, 5.74) is 2.66. The van der Waals surface area contributed by atoms with Gasteiger partial charge in [-0.1, -0.05) is 6.07 Å². The van der Waals surface area contributed by atoms with Gasteiger partial charge in [-0.25, -0.2) is 0 Å². The summed E-state index contributed by atoms with van der Waals surface area (Å²) in [5.74, 6) is 1.20. The first-order chi connectivity index (χ1) is 8.29. The lowest BCUT2D eigenvalue weighted by Gasteiger charge is -2.24. The molecule has 1 unspecified atom stereocenters. The second kappa shape index (κ2) is 4.06. The summed E-state index contributed by atoms with van der Waals surface area (Å²) in [7, 11) is 1.69. The molecule has 0 bridgehead atoms. The van der Waals surface area contributed by atoms with Gasteiger partial charge in [-0.05, 0) is 42.5 Å². The van der Waals surface area contributed by atoms with E-state index < -0.39 is 0 Å². The zero-order chi connectivity index (χ0) is 11.8. The molecule has 1 aliphatic carbocycles. The average Bonchev–Trinajstić information content (AvgIpc) is 2.94. The number of amides is 1. The Morgan fingerprint density at radius 2 is 2.24 bits per heavy atom. The fourth-order valence-corrected chi connectivity index (χ4v) is 3.01. The molecule has 1 saturated heterocycles. The van der Waals surface area contributed by atoms with Crippen LogP contribution in [0.2, 0.25) is 0 Å². The molecular formula is C14H17NO2. The van der Waals surface area contributed by atoms with Gasteiger partial charge in [-0.15, -0.1) is 0 Å². The summed E-state index contributed by atoms with van der Waals surface area (Å²) in [6, 6.07) is 6.52. The fourth-order valence-electron chi connectivity index (χ4n) is 3.01. The quantitative estimate of drug-likeness (QED) is 0.781. The Morgan fingerprint density at radius 1 is 1.35 bits per heavy atom. The van der Waals surface area contributed by atoms with Gasteiger partial charge < -0.3 is 9.64 Å². The topological polar surface area (TPSA) is 29.5 Å². The Labute approximate surface area is 101 Å². The molecule has 90 valence electrons. The van der Waals surface area contributed by atoms with Crippen LogP contribution in [0, 0.1) is 0 Å². The zero-order valence-electron chi connectivity index (χ0n) is 10.1. The summed E-state index contributed by atoms with van der Waals surface area (Å²) >= 11 is 0. The van der Waals surface area contributed by atoms with E-state index in [4.69, 9.17) is 4.74 Å². The van der Waals surface area contributed by atoms with Crippen LogP contribution < -0.4 is 4.74 Å². The Morgan fingerprint density at radius 3 is 2.94 bits per heavy atom. The molecule has 0 radical (unpaired) electrons. The lowest BCUT2D eigenvalue weighted by atomic mass is 10.1. The van der Waals surface area contributed by atoms with Gasteiger partial charge in [0.2, 0.25) is 5.91 Å². The van der Waals surface area contributed by atoms with Crippen molar-refractivity contribution in [3.05, 3.63) is 29.3 Å². The van der Waals surface area contributed by atoms with Gasteiger partial charge in [0.05, 0.1) is 13.2 Å². The van der Waals surface area contributed by atoms with E-state index in [2.05, 4.69) is 12.1 Å². The monoisotopic (exact) mass is 231 g/mol. The summed E-state index contributed by atoms with van der Waals surface area (Å²) in [5, 5.41) is 0. The first-order valence-corrected chi connectivity index (χ1v) is 6.26. The lowest BCUT2D eigenvalue weighted by Crippen LogP contribution is -2.28. The maximum absolute atomic E-state index is 11.8. The number of carbonyl (C=O) groups is 1. The summed E-state index contributed by atoms with van der Waals surface area (Å²) in [4.78, 5) is 13.9. The molecule has 3 rings (SSSR count). The van der Waals surface area contributed by atoms with Gasteiger partial charge in [-0.3, -0.25) is 4.79 Å². The fraction of sp³-hybridized carbons (Fsp3) is 0.500. The third-order valence-electron chi connectivity index (χ3n) is 3.89. The van der Waals surface area contributed by atoms with Crippen molar-refractivity contribution in [2.75, 3.05) is 13.7 Å². The second-order valence-corrected chi connectivity index (χ2v) is 4.81. The standard InChI is InChI=1S/C14H17NO2/c1-17-11-6-4-10-5-7-13(12(10)9-11)15-8-2-3-14(15)16/h4,6,9,13H,2-3,5,7-8H2,1H3. The molecule has 0 saturated carbocycles. The van der Waals surface area contributed by atoms with E-state index in [1.165, 1.54) is 11.1 Å². The summed E-state index contributed by atoms with van der Waals surface area (Å²) < 4.78 is 5.27. The Kier molecular flexibility index (Phi) is 2.54. The molecule has 1 amide bonds. The van der Waals surface area contributed by atoms with Crippen molar-refractivity contribution in [3.8, 4) is 5.75 Å². The summed E-state index contributed by atoms with van der Waals surface area (Å²) in [6.45, 7) is 0.917. The van der Waals surface area contributed by atoms with Crippen molar-refractivity contribution < 1.29 is 9.53 Å². The molecule has 0 spiro atoms. The number of hydrogen-bond acceptors (Lipinski definition) is 2. The highest BCUT2D eigenvalue weighted by Gasteiger charge is 2.33. The Bertz CT molecular complexity index is 456. The van der Waals surface area contributed by atoms with Crippen molar-refractivity contribution in [3.63, 3.8) is 0 Å². The van der Waals surface area contributed by atoms with Gasteiger partial charge in [-0.2, -0.15) is 0 Å². The van der Waals surface area contributed by atoms with Crippen LogP contribution in [0.15, 0.2) is 18.2 Å². The van der Waals surface area contributed by atoms with Gasteiger partial charge in [0, 0.05) is 13.0 Å². The van der Waals surface area contributed by atoms with Crippen LogP contribution in [0.4, 0.5) is 0 Å². The molecule has 0 N–H and O–H groups in total. The van der Waals surface area contributed by atoms with E-state index in [9.17, 15) is 4.79 Å². The molecule has 1 fully saturated rings. The van der Waals surface area contributed by atoms with Crippen molar-refractivity contribution in [1.82, 2.24) is 4.90 Å². The molecule has 1 aromatic carbocycles. The Balaban J connectivity index is 1.94. The van der Waals surface area contributed by atoms with E-state index in [0.717, 1.165) is 38.0 Å². The van der Waals surface area contributed by atoms with E-state index in [1.807, 2.05) is 11.0 Å². The number of aryl methyl sites for hydroxylation is 1. The Hall–Kier alpha value is -1.51. The number of methoxy groups -OCH3 is 1. The van der Waals surface area contributed by atoms with Gasteiger partial charge in [0.25, 0.3) is 0 Å². The maximum atomic E-state index is 11.8. The van der Waals surface area contributed by atoms with Crippen LogP contribution in [0.1, 0.15) is 36.4 Å². The average molecular weight is 231 g/mol. The van der Waals surface area contributed by atoms with Crippen LogP contribution in [0.25, 0.3) is 0 Å². The van der Waals surface area contributed by atoms with Crippen LogP contribution in [0.5, 0.6) is 5.75 Å². The van der Waals surface area contributed by atoms with Crippen LogP contribution in [-0.2, 0) is 11.2 Å². The predicted molar refractivity (Wildman–Crippen MR) is 65.0 cm³/mol. The molecule has 1 aliphatic heterocycles. The number of fused-ring (bicyclic) bond motifs is 1. The second-order valence-electron chi connectivity index (χ2n) is 4.81. The normalized spacial score (nSPS) is 23.0. The molecule has 17 heavy (non-hydrogen) atoms. The largest absolute Gasteiger partial charge is 0.497 e. The number of carbonyl (C=O) groups excluding carboxylic acids is 1. The molecule has 1 atom stereocenters. The SMILES string of the molecule is COc1ccc2c(c1)C(N1CCCC1=O)CC2. The lowest BCUT2D eigenvalue weighted by molar-refractivity contribution is -0.129. The van der Waals surface area contributed by atoms with E-state index >= 15 is 0 Å². The van der Waals surface area contributed by atoms with Crippen LogP contribution in [0.3, 0.4) is 0 Å². The third-order valence-corrected chi connectivity index (χ3v) is 3.89. The number of nitrogens with zero attached hydrogens (tertiary/aromatic N) is 1. The van der Waals surface area contributed by atoms with E-state index in [-0.39, 0.29) is 6.04 Å². The van der Waals surface area contributed by atoms with Crippen molar-refractivity contribution in [2.24, 2.45) is 0 Å². The number of likely N-dealkylation sites (tertiary alicyclic amines) is 1. The van der Waals surface area contributed by atoms with Crippen LogP contribution >= 0.6 is 0 Å². The van der Waals surface area contributed by atoms with E-state index in [1.54, 1.807) is 7.11 Å². The minimum atomic E-state index is 0.287. The first kappa shape index (κ1) is 10.6. The number of benzene rings is 1. The molecule has 2 aliphatic rings. The molecule has 0 aromatic heterocycles. The molecule has 1 heterocycles. The highest BCUT2D eigenvalue weighted by atomic mass is 16.5. The predicted octanol–water partition coefficient (Wildman–Crippen LogP) is 2.30. The zero-order valence-corrected chi connectivity index (χ0v) is 10.1. The van der Waals surface area contributed by atoms with Crippen molar-refractivity contribution in [1.29, 1.82) is 0 Å². The number of ether oxygens (including phenoxy) is 1. The van der Waals surface area contributed by atoms with Crippen molar-refractivity contribution in [2.45, 2.75) is 31.7 Å². The smallest absolute Gasteiger partial charge is 0.223 e. The highest BCUT2D eigenvalue weighted by molar-refractivity contribution is 5.78.